The largest absolute Gasteiger partial charge is 0.481 e. The molecule has 0 aromatic heterocycles. The van der Waals surface area contributed by atoms with Gasteiger partial charge in [0.05, 0.1) is 4.92 Å². The molecule has 1 unspecified atom stereocenters. The molecule has 0 amide bonds. The molecule has 1 aliphatic heterocycles. The summed E-state index contributed by atoms with van der Waals surface area (Å²) in [5.74, 6) is 1.18. The molecular weight excluding hydrogens is 308 g/mol. The maximum absolute atomic E-state index is 10.8. The van der Waals surface area contributed by atoms with Crippen molar-refractivity contribution in [2.45, 2.75) is 26.1 Å². The minimum atomic E-state index is -0.392. The van der Waals surface area contributed by atoms with E-state index >= 15 is 0 Å². The van der Waals surface area contributed by atoms with Crippen LogP contribution in [0.4, 0.5) is 11.4 Å². The molecule has 0 bridgehead atoms. The van der Waals surface area contributed by atoms with Crippen LogP contribution in [-0.4, -0.2) is 16.9 Å². The van der Waals surface area contributed by atoms with Crippen LogP contribution in [-0.2, 0) is 13.1 Å². The molecule has 1 aliphatic rings. The maximum Gasteiger partial charge on any atom is 0.269 e. The van der Waals surface area contributed by atoms with E-state index in [1.165, 1.54) is 6.07 Å². The normalized spacial score (nSPS) is 16.0. The Morgan fingerprint density at radius 2 is 2.00 bits per heavy atom. The Hall–Kier alpha value is -2.93. The summed E-state index contributed by atoms with van der Waals surface area (Å²) in [5.41, 5.74) is 8.53. The molecule has 0 aliphatic carbocycles. The van der Waals surface area contributed by atoms with Crippen LogP contribution < -0.4 is 15.8 Å². The molecule has 0 radical (unpaired) electrons. The summed E-state index contributed by atoms with van der Waals surface area (Å²) >= 11 is 0. The Balaban J connectivity index is 1.63. The minimum Gasteiger partial charge on any atom is -0.481 e. The van der Waals surface area contributed by atoms with Crippen molar-refractivity contribution in [3.63, 3.8) is 0 Å². The highest BCUT2D eigenvalue weighted by atomic mass is 16.6. The van der Waals surface area contributed by atoms with Gasteiger partial charge >= 0.3 is 0 Å². The lowest BCUT2D eigenvalue weighted by molar-refractivity contribution is -0.384. The van der Waals surface area contributed by atoms with Crippen molar-refractivity contribution < 1.29 is 9.66 Å². The van der Waals surface area contributed by atoms with Crippen molar-refractivity contribution in [3.05, 3.63) is 63.7 Å². The second kappa shape index (κ2) is 6.67. The van der Waals surface area contributed by atoms with Gasteiger partial charge in [0.2, 0.25) is 0 Å². The smallest absolute Gasteiger partial charge is 0.269 e. The zero-order valence-electron chi connectivity index (χ0n) is 13.2. The van der Waals surface area contributed by atoms with Gasteiger partial charge in [-0.05, 0) is 30.2 Å². The number of nitro groups is 1. The van der Waals surface area contributed by atoms with Crippen molar-refractivity contribution >= 4 is 17.2 Å². The van der Waals surface area contributed by atoms with Crippen molar-refractivity contribution in [2.24, 2.45) is 10.7 Å². The van der Waals surface area contributed by atoms with Gasteiger partial charge in [0.1, 0.15) is 17.3 Å². The van der Waals surface area contributed by atoms with Gasteiger partial charge in [-0.1, -0.05) is 18.2 Å². The lowest BCUT2D eigenvalue weighted by Gasteiger charge is -2.21. The first kappa shape index (κ1) is 15.9. The number of aliphatic imine (C=N–C) groups is 1. The van der Waals surface area contributed by atoms with Crippen LogP contribution in [0.1, 0.15) is 18.1 Å². The summed E-state index contributed by atoms with van der Waals surface area (Å²) in [6, 6.07) is 12.4. The lowest BCUT2D eigenvalue weighted by Crippen LogP contribution is -2.33. The fraction of sp³-hybridized carbons (Fsp3) is 0.235. The molecule has 7 heteroatoms. The molecule has 3 rings (SSSR count). The number of fused-ring (bicyclic) bond motifs is 1. The van der Waals surface area contributed by atoms with Gasteiger partial charge in [-0.15, -0.1) is 0 Å². The predicted octanol–water partition coefficient (Wildman–Crippen LogP) is 2.65. The number of non-ortho nitro benzene ring substituents is 1. The number of benzene rings is 2. The molecule has 3 N–H and O–H groups in total. The number of nitrogens with two attached hydrogens (primary N) is 1. The lowest BCUT2D eigenvalue weighted by atomic mass is 10.1. The van der Waals surface area contributed by atoms with Crippen LogP contribution >= 0.6 is 0 Å². The first-order chi connectivity index (χ1) is 11.5. The Labute approximate surface area is 139 Å². The van der Waals surface area contributed by atoms with Gasteiger partial charge in [-0.25, -0.2) is 4.99 Å². The van der Waals surface area contributed by atoms with Crippen molar-refractivity contribution in [1.82, 2.24) is 5.32 Å². The molecule has 0 saturated heterocycles. The molecule has 24 heavy (non-hydrogen) atoms. The Morgan fingerprint density at radius 1 is 1.25 bits per heavy atom. The Kier molecular flexibility index (Phi) is 4.43. The Bertz CT molecular complexity index is 804. The summed E-state index contributed by atoms with van der Waals surface area (Å²) in [6.45, 7) is 3.01. The first-order valence-corrected chi connectivity index (χ1v) is 7.60. The average molecular weight is 326 g/mol. The van der Waals surface area contributed by atoms with Gasteiger partial charge in [0, 0.05) is 25.2 Å². The summed E-state index contributed by atoms with van der Waals surface area (Å²) in [4.78, 5) is 14.7. The van der Waals surface area contributed by atoms with Crippen LogP contribution in [0.2, 0.25) is 0 Å². The van der Waals surface area contributed by atoms with E-state index in [-0.39, 0.29) is 11.8 Å². The molecule has 124 valence electrons. The third-order valence-electron chi connectivity index (χ3n) is 3.77. The maximum atomic E-state index is 10.8. The number of nitro benzene ring substituents is 1. The average Bonchev–Trinajstić information content (AvgIpc) is 2.56. The topological polar surface area (TPSA) is 103 Å². The van der Waals surface area contributed by atoms with Gasteiger partial charge in [0.15, 0.2) is 6.10 Å². The van der Waals surface area contributed by atoms with Gasteiger partial charge in [0.25, 0.3) is 5.69 Å². The molecule has 0 fully saturated rings. The van der Waals surface area contributed by atoms with E-state index in [0.29, 0.717) is 18.9 Å². The molecule has 7 nitrogen and oxygen atoms in total. The summed E-state index contributed by atoms with van der Waals surface area (Å²) in [6.07, 6.45) is -0.213. The monoisotopic (exact) mass is 326 g/mol. The van der Waals surface area contributed by atoms with E-state index in [4.69, 9.17) is 10.5 Å². The van der Waals surface area contributed by atoms with E-state index in [9.17, 15) is 10.1 Å². The van der Waals surface area contributed by atoms with Crippen LogP contribution in [0, 0.1) is 10.1 Å². The van der Waals surface area contributed by atoms with Crippen LogP contribution in [0.3, 0.4) is 0 Å². The van der Waals surface area contributed by atoms with E-state index in [2.05, 4.69) is 10.3 Å². The number of nitrogens with one attached hydrogen (secondary N) is 1. The minimum absolute atomic E-state index is 0.0964. The van der Waals surface area contributed by atoms with Crippen molar-refractivity contribution in [3.8, 4) is 5.75 Å². The third kappa shape index (κ3) is 3.52. The second-order valence-corrected chi connectivity index (χ2v) is 5.63. The standard InChI is InChI=1S/C17H18N4O3/c1-11-17(18)20-15-8-13(5-6-16(15)24-11)10-19-9-12-3-2-4-14(7-12)21(22)23/h2-8,11,19H,9-10H2,1H3,(H2,18,20). The zero-order chi connectivity index (χ0) is 17.1. The molecule has 0 spiro atoms. The van der Waals surface area contributed by atoms with Crippen molar-refractivity contribution in [2.75, 3.05) is 0 Å². The second-order valence-electron chi connectivity index (χ2n) is 5.63. The summed E-state index contributed by atoms with van der Waals surface area (Å²) in [5, 5.41) is 14.1. The highest BCUT2D eigenvalue weighted by Gasteiger charge is 2.18. The molecule has 0 saturated carbocycles. The zero-order valence-corrected chi connectivity index (χ0v) is 13.2. The fourth-order valence-corrected chi connectivity index (χ4v) is 2.47. The highest BCUT2D eigenvalue weighted by molar-refractivity contribution is 5.89. The number of hydrogen-bond donors (Lipinski definition) is 2. The first-order valence-electron chi connectivity index (χ1n) is 7.60. The van der Waals surface area contributed by atoms with E-state index in [1.54, 1.807) is 12.1 Å². The third-order valence-corrected chi connectivity index (χ3v) is 3.77. The predicted molar refractivity (Wildman–Crippen MR) is 91.5 cm³/mol. The molecule has 2 aromatic carbocycles. The quantitative estimate of drug-likeness (QED) is 0.649. The Morgan fingerprint density at radius 3 is 2.75 bits per heavy atom. The molecule has 1 heterocycles. The SMILES string of the molecule is CC1Oc2ccc(CNCc3cccc([N+](=O)[O-])c3)cc2N=C1N. The van der Waals surface area contributed by atoms with E-state index in [1.807, 2.05) is 31.2 Å². The van der Waals surface area contributed by atoms with Crippen LogP contribution in [0.15, 0.2) is 47.5 Å². The highest BCUT2D eigenvalue weighted by Crippen LogP contribution is 2.32. The number of hydrogen-bond acceptors (Lipinski definition) is 6. The summed E-state index contributed by atoms with van der Waals surface area (Å²) < 4.78 is 5.67. The van der Waals surface area contributed by atoms with E-state index in [0.717, 1.165) is 22.6 Å². The fourth-order valence-electron chi connectivity index (χ4n) is 2.47. The molecule has 2 aromatic rings. The van der Waals surface area contributed by atoms with Gasteiger partial charge in [-0.3, -0.25) is 10.1 Å². The van der Waals surface area contributed by atoms with Crippen molar-refractivity contribution in [1.29, 1.82) is 0 Å². The summed E-state index contributed by atoms with van der Waals surface area (Å²) in [7, 11) is 0. The number of nitrogens with zero attached hydrogens (tertiary/aromatic N) is 2. The van der Waals surface area contributed by atoms with Gasteiger partial charge < -0.3 is 15.8 Å². The van der Waals surface area contributed by atoms with Crippen LogP contribution in [0.25, 0.3) is 0 Å². The molecule has 1 atom stereocenters. The number of amidine groups is 1. The van der Waals surface area contributed by atoms with Crippen LogP contribution in [0.5, 0.6) is 5.75 Å². The number of rotatable bonds is 5. The molecular formula is C17H18N4O3. The van der Waals surface area contributed by atoms with E-state index < -0.39 is 4.92 Å². The number of ether oxygens (including phenoxy) is 1. The van der Waals surface area contributed by atoms with Gasteiger partial charge in [-0.2, -0.15) is 0 Å².